The van der Waals surface area contributed by atoms with Crippen molar-refractivity contribution in [3.63, 3.8) is 0 Å². The first-order chi connectivity index (χ1) is 9.97. The van der Waals surface area contributed by atoms with Crippen LogP contribution in [0.1, 0.15) is 16.7 Å². The molecule has 104 valence electrons. The molecule has 2 aromatic rings. The highest BCUT2D eigenvalue weighted by molar-refractivity contribution is 7.92. The lowest BCUT2D eigenvalue weighted by atomic mass is 10.2. The standard InChI is InChI=1S/C15H11N3O2S/c1-11-8-12(9-16)6-7-15(11)21(19,20)18-14-5-3-2-4-13(14)10-17/h2-8,18H,1H3. The third kappa shape index (κ3) is 3.02. The molecule has 0 aromatic heterocycles. The Bertz CT molecular complexity index is 875. The SMILES string of the molecule is Cc1cc(C#N)ccc1S(=O)(=O)Nc1ccccc1C#N. The lowest BCUT2D eigenvalue weighted by Crippen LogP contribution is -2.15. The number of aryl methyl sites for hydroxylation is 1. The lowest BCUT2D eigenvalue weighted by Gasteiger charge is -2.11. The molecule has 0 spiro atoms. The smallest absolute Gasteiger partial charge is 0.262 e. The fourth-order valence-corrected chi connectivity index (χ4v) is 3.20. The third-order valence-corrected chi connectivity index (χ3v) is 4.41. The highest BCUT2D eigenvalue weighted by Gasteiger charge is 2.18. The predicted molar refractivity (Wildman–Crippen MR) is 77.9 cm³/mol. The summed E-state index contributed by atoms with van der Waals surface area (Å²) in [7, 11) is -3.81. The maximum atomic E-state index is 12.4. The lowest BCUT2D eigenvalue weighted by molar-refractivity contribution is 0.600. The largest absolute Gasteiger partial charge is 0.278 e. The summed E-state index contributed by atoms with van der Waals surface area (Å²) in [6, 6.07) is 14.6. The summed E-state index contributed by atoms with van der Waals surface area (Å²) in [4.78, 5) is 0.0780. The second-order valence-electron chi connectivity index (χ2n) is 4.35. The number of nitrogens with one attached hydrogen (secondary N) is 1. The maximum absolute atomic E-state index is 12.4. The topological polar surface area (TPSA) is 93.8 Å². The zero-order valence-corrected chi connectivity index (χ0v) is 12.0. The normalized spacial score (nSPS) is 10.4. The van der Waals surface area contributed by atoms with Gasteiger partial charge in [0.1, 0.15) is 6.07 Å². The van der Waals surface area contributed by atoms with E-state index in [-0.39, 0.29) is 16.1 Å². The zero-order valence-electron chi connectivity index (χ0n) is 11.2. The van der Waals surface area contributed by atoms with Gasteiger partial charge in [0.15, 0.2) is 0 Å². The molecule has 21 heavy (non-hydrogen) atoms. The molecule has 5 nitrogen and oxygen atoms in total. The van der Waals surface area contributed by atoms with E-state index in [4.69, 9.17) is 10.5 Å². The number of para-hydroxylation sites is 1. The van der Waals surface area contributed by atoms with Crippen molar-refractivity contribution >= 4 is 15.7 Å². The summed E-state index contributed by atoms with van der Waals surface area (Å²) < 4.78 is 27.2. The molecule has 0 unspecified atom stereocenters. The van der Waals surface area contributed by atoms with Gasteiger partial charge in [-0.05, 0) is 42.8 Å². The second kappa shape index (κ2) is 5.66. The minimum Gasteiger partial charge on any atom is -0.278 e. The van der Waals surface area contributed by atoms with Crippen molar-refractivity contribution < 1.29 is 8.42 Å². The summed E-state index contributed by atoms with van der Waals surface area (Å²) in [5.41, 5.74) is 1.33. The van der Waals surface area contributed by atoms with Gasteiger partial charge in [-0.25, -0.2) is 8.42 Å². The van der Waals surface area contributed by atoms with E-state index >= 15 is 0 Å². The van der Waals surface area contributed by atoms with E-state index in [9.17, 15) is 8.42 Å². The first-order valence-corrected chi connectivity index (χ1v) is 7.49. The molecule has 0 atom stereocenters. The molecule has 0 amide bonds. The van der Waals surface area contributed by atoms with Crippen molar-refractivity contribution in [2.45, 2.75) is 11.8 Å². The van der Waals surface area contributed by atoms with Gasteiger partial charge in [-0.3, -0.25) is 4.72 Å². The monoisotopic (exact) mass is 297 g/mol. The summed E-state index contributed by atoms with van der Waals surface area (Å²) >= 11 is 0. The number of nitrogens with zero attached hydrogens (tertiary/aromatic N) is 2. The van der Waals surface area contributed by atoms with Gasteiger partial charge in [-0.1, -0.05) is 12.1 Å². The van der Waals surface area contributed by atoms with Crippen LogP contribution in [0.5, 0.6) is 0 Å². The van der Waals surface area contributed by atoms with E-state index in [1.807, 2.05) is 12.1 Å². The predicted octanol–water partition coefficient (Wildman–Crippen LogP) is 2.54. The van der Waals surface area contributed by atoms with Crippen molar-refractivity contribution in [2.75, 3.05) is 4.72 Å². The summed E-state index contributed by atoms with van der Waals surface area (Å²) in [5.74, 6) is 0. The molecular formula is C15H11N3O2S. The number of benzene rings is 2. The van der Waals surface area contributed by atoms with Crippen molar-refractivity contribution in [3.05, 3.63) is 59.2 Å². The highest BCUT2D eigenvalue weighted by atomic mass is 32.2. The molecule has 2 aromatic carbocycles. The Labute approximate surface area is 123 Å². The summed E-state index contributed by atoms with van der Waals surface area (Å²) in [6.07, 6.45) is 0. The number of anilines is 1. The fourth-order valence-electron chi connectivity index (χ4n) is 1.89. The number of nitriles is 2. The van der Waals surface area contributed by atoms with Gasteiger partial charge < -0.3 is 0 Å². The zero-order chi connectivity index (χ0) is 15.5. The van der Waals surface area contributed by atoms with Crippen LogP contribution in [0, 0.1) is 29.6 Å². The van der Waals surface area contributed by atoms with Crippen molar-refractivity contribution in [1.29, 1.82) is 10.5 Å². The van der Waals surface area contributed by atoms with Gasteiger partial charge in [-0.2, -0.15) is 10.5 Å². The number of hydrogen-bond acceptors (Lipinski definition) is 4. The Morgan fingerprint density at radius 3 is 2.38 bits per heavy atom. The molecule has 0 saturated carbocycles. The molecule has 0 aliphatic carbocycles. The fraction of sp³-hybridized carbons (Fsp3) is 0.0667. The Morgan fingerprint density at radius 1 is 1.05 bits per heavy atom. The molecule has 6 heteroatoms. The van der Waals surface area contributed by atoms with Gasteiger partial charge in [-0.15, -0.1) is 0 Å². The van der Waals surface area contributed by atoms with Crippen LogP contribution in [0.4, 0.5) is 5.69 Å². The van der Waals surface area contributed by atoms with Crippen LogP contribution in [0.25, 0.3) is 0 Å². The van der Waals surface area contributed by atoms with Crippen LogP contribution < -0.4 is 4.72 Å². The summed E-state index contributed by atoms with van der Waals surface area (Å²) in [5, 5.41) is 17.8. The maximum Gasteiger partial charge on any atom is 0.262 e. The molecule has 2 rings (SSSR count). The van der Waals surface area contributed by atoms with E-state index in [0.717, 1.165) is 0 Å². The molecule has 0 aliphatic rings. The van der Waals surface area contributed by atoms with E-state index in [1.54, 1.807) is 19.1 Å². The second-order valence-corrected chi connectivity index (χ2v) is 6.01. The first kappa shape index (κ1) is 14.6. The molecule has 0 heterocycles. The van der Waals surface area contributed by atoms with E-state index < -0.39 is 10.0 Å². The van der Waals surface area contributed by atoms with Gasteiger partial charge >= 0.3 is 0 Å². The average molecular weight is 297 g/mol. The number of hydrogen-bond donors (Lipinski definition) is 1. The minimum atomic E-state index is -3.81. The van der Waals surface area contributed by atoms with Crippen molar-refractivity contribution in [3.8, 4) is 12.1 Å². The van der Waals surface area contributed by atoms with Crippen LogP contribution in [0.2, 0.25) is 0 Å². The Kier molecular flexibility index (Phi) is 3.93. The number of rotatable bonds is 3. The van der Waals surface area contributed by atoms with Crippen molar-refractivity contribution in [2.24, 2.45) is 0 Å². The Morgan fingerprint density at radius 2 is 1.76 bits per heavy atom. The van der Waals surface area contributed by atoms with Gasteiger partial charge in [0, 0.05) is 0 Å². The first-order valence-electron chi connectivity index (χ1n) is 6.00. The van der Waals surface area contributed by atoms with Gasteiger partial charge in [0.25, 0.3) is 10.0 Å². The highest BCUT2D eigenvalue weighted by Crippen LogP contribution is 2.22. The average Bonchev–Trinajstić information content (AvgIpc) is 2.47. The number of sulfonamides is 1. The van der Waals surface area contributed by atoms with Crippen LogP contribution in [-0.2, 0) is 10.0 Å². The quantitative estimate of drug-likeness (QED) is 0.942. The third-order valence-electron chi connectivity index (χ3n) is 2.89. The molecule has 1 N–H and O–H groups in total. The van der Waals surface area contributed by atoms with Crippen molar-refractivity contribution in [1.82, 2.24) is 0 Å². The molecule has 0 radical (unpaired) electrons. The van der Waals surface area contributed by atoms with E-state index in [2.05, 4.69) is 4.72 Å². The van der Waals surface area contributed by atoms with E-state index in [1.165, 1.54) is 30.3 Å². The Balaban J connectivity index is 2.45. The molecular weight excluding hydrogens is 286 g/mol. The summed E-state index contributed by atoms with van der Waals surface area (Å²) in [6.45, 7) is 1.62. The molecule has 0 saturated heterocycles. The van der Waals surface area contributed by atoms with Crippen LogP contribution in [0.15, 0.2) is 47.4 Å². The van der Waals surface area contributed by atoms with Crippen LogP contribution in [-0.4, -0.2) is 8.42 Å². The van der Waals surface area contributed by atoms with E-state index in [0.29, 0.717) is 11.1 Å². The van der Waals surface area contributed by atoms with Crippen LogP contribution in [0.3, 0.4) is 0 Å². The molecule has 0 aliphatic heterocycles. The molecule has 0 bridgehead atoms. The van der Waals surface area contributed by atoms with Crippen LogP contribution >= 0.6 is 0 Å². The minimum absolute atomic E-state index is 0.0780. The van der Waals surface area contributed by atoms with Gasteiger partial charge in [0.2, 0.25) is 0 Å². The Hall–Kier alpha value is -2.83. The van der Waals surface area contributed by atoms with Gasteiger partial charge in [0.05, 0.1) is 27.8 Å². The molecule has 0 fully saturated rings.